The number of halogens is 4. The van der Waals surface area contributed by atoms with Crippen LogP contribution in [0.3, 0.4) is 0 Å². The Labute approximate surface area is 133 Å². The Morgan fingerprint density at radius 2 is 2.05 bits per heavy atom. The smallest absolute Gasteiger partial charge is 0.317 e. The van der Waals surface area contributed by atoms with Crippen molar-refractivity contribution in [2.75, 3.05) is 19.6 Å². The molecule has 1 N–H and O–H groups in total. The van der Waals surface area contributed by atoms with Gasteiger partial charge in [0.05, 0.1) is 12.7 Å². The predicted octanol–water partition coefficient (Wildman–Crippen LogP) is 3.55. The first-order valence-electron chi connectivity index (χ1n) is 6.97. The van der Waals surface area contributed by atoms with Crippen LogP contribution in [0.25, 0.3) is 0 Å². The van der Waals surface area contributed by atoms with Gasteiger partial charge >= 0.3 is 6.18 Å². The molecule has 0 bridgehead atoms. The second kappa shape index (κ2) is 8.31. The van der Waals surface area contributed by atoms with Gasteiger partial charge in [-0.15, -0.1) is 23.7 Å². The third-order valence-electron chi connectivity index (χ3n) is 3.51. The van der Waals surface area contributed by atoms with Gasteiger partial charge in [-0.2, -0.15) is 13.2 Å². The second-order valence-corrected chi connectivity index (χ2v) is 6.18. The maximum Gasteiger partial charge on any atom is 0.427 e. The van der Waals surface area contributed by atoms with Crippen LogP contribution in [0.5, 0.6) is 0 Å². The lowest BCUT2D eigenvalue weighted by atomic mass is 10.0. The molecular weight excluding hydrogens is 323 g/mol. The molecule has 1 aromatic heterocycles. The van der Waals surface area contributed by atoms with Crippen molar-refractivity contribution in [1.29, 1.82) is 0 Å². The van der Waals surface area contributed by atoms with Gasteiger partial charge in [0.1, 0.15) is 9.88 Å². The summed E-state index contributed by atoms with van der Waals surface area (Å²) < 4.78 is 37.8. The molecule has 0 aromatic carbocycles. The standard InChI is InChI=1S/C13H20F3N3S.ClH/c1-2-7-19(10-3-5-17-6-4-10)9-12-18-8-11(20-12)13(14,15)16;/h8,10,17H,2-7,9H2,1H3;1H. The molecule has 122 valence electrons. The summed E-state index contributed by atoms with van der Waals surface area (Å²) >= 11 is 0.765. The zero-order chi connectivity index (χ0) is 14.6. The van der Waals surface area contributed by atoms with Crippen LogP contribution in [0, 0.1) is 0 Å². The van der Waals surface area contributed by atoms with E-state index in [9.17, 15) is 13.2 Å². The van der Waals surface area contributed by atoms with E-state index in [1.165, 1.54) is 0 Å². The van der Waals surface area contributed by atoms with Gasteiger partial charge in [-0.3, -0.25) is 4.90 Å². The lowest BCUT2D eigenvalue weighted by Gasteiger charge is -2.33. The monoisotopic (exact) mass is 343 g/mol. The van der Waals surface area contributed by atoms with E-state index >= 15 is 0 Å². The van der Waals surface area contributed by atoms with Crippen molar-refractivity contribution < 1.29 is 13.2 Å². The van der Waals surface area contributed by atoms with E-state index in [1.54, 1.807) is 0 Å². The molecule has 1 aliphatic heterocycles. The molecule has 0 unspecified atom stereocenters. The molecule has 21 heavy (non-hydrogen) atoms. The number of nitrogens with zero attached hydrogens (tertiary/aromatic N) is 2. The van der Waals surface area contributed by atoms with Crippen LogP contribution in [-0.4, -0.2) is 35.6 Å². The first kappa shape index (κ1) is 18.7. The van der Waals surface area contributed by atoms with Crippen LogP contribution in [0.2, 0.25) is 0 Å². The average Bonchev–Trinajstić information content (AvgIpc) is 2.88. The number of hydrogen-bond acceptors (Lipinski definition) is 4. The Hall–Kier alpha value is -0.370. The summed E-state index contributed by atoms with van der Waals surface area (Å²) in [6.07, 6.45) is -0.219. The minimum absolute atomic E-state index is 0. The van der Waals surface area contributed by atoms with Crippen molar-refractivity contribution >= 4 is 23.7 Å². The fourth-order valence-corrected chi connectivity index (χ4v) is 3.35. The van der Waals surface area contributed by atoms with E-state index < -0.39 is 11.1 Å². The molecule has 1 aromatic rings. The summed E-state index contributed by atoms with van der Waals surface area (Å²) in [5, 5.41) is 3.87. The SMILES string of the molecule is CCCN(Cc1ncc(C(F)(F)F)s1)C1CCNCC1.Cl. The molecule has 8 heteroatoms. The maximum absolute atomic E-state index is 12.6. The zero-order valence-electron chi connectivity index (χ0n) is 11.9. The zero-order valence-corrected chi connectivity index (χ0v) is 13.6. The molecule has 0 spiro atoms. The first-order valence-corrected chi connectivity index (χ1v) is 7.79. The summed E-state index contributed by atoms with van der Waals surface area (Å²) in [4.78, 5) is 5.62. The van der Waals surface area contributed by atoms with Crippen LogP contribution in [0.1, 0.15) is 36.1 Å². The molecule has 1 aliphatic rings. The first-order chi connectivity index (χ1) is 9.50. The summed E-state index contributed by atoms with van der Waals surface area (Å²) in [6, 6.07) is 0.453. The second-order valence-electron chi connectivity index (χ2n) is 5.07. The van der Waals surface area contributed by atoms with Crippen LogP contribution >= 0.6 is 23.7 Å². The largest absolute Gasteiger partial charge is 0.427 e. The Balaban J connectivity index is 0.00000220. The van der Waals surface area contributed by atoms with Gasteiger partial charge in [-0.1, -0.05) is 6.92 Å². The molecule has 2 rings (SSSR count). The highest BCUT2D eigenvalue weighted by Gasteiger charge is 2.33. The number of aromatic nitrogens is 1. The van der Waals surface area contributed by atoms with Crippen LogP contribution in [-0.2, 0) is 12.7 Å². The highest BCUT2D eigenvalue weighted by atomic mass is 35.5. The quantitative estimate of drug-likeness (QED) is 0.886. The van der Waals surface area contributed by atoms with Gasteiger partial charge in [0.2, 0.25) is 0 Å². The Kier molecular flexibility index (Phi) is 7.39. The van der Waals surface area contributed by atoms with E-state index in [-0.39, 0.29) is 12.4 Å². The van der Waals surface area contributed by atoms with E-state index in [0.29, 0.717) is 17.6 Å². The molecule has 0 radical (unpaired) electrons. The van der Waals surface area contributed by atoms with E-state index in [0.717, 1.165) is 56.4 Å². The van der Waals surface area contributed by atoms with Crippen LogP contribution < -0.4 is 5.32 Å². The molecular formula is C13H21ClF3N3S. The highest BCUT2D eigenvalue weighted by molar-refractivity contribution is 7.11. The number of alkyl halides is 3. The normalized spacial score (nSPS) is 17.0. The van der Waals surface area contributed by atoms with Gasteiger partial charge in [0, 0.05) is 6.04 Å². The number of rotatable bonds is 5. The van der Waals surface area contributed by atoms with Crippen molar-refractivity contribution in [3.05, 3.63) is 16.1 Å². The molecule has 3 nitrogen and oxygen atoms in total. The molecule has 0 atom stereocenters. The Morgan fingerprint density at radius 1 is 1.38 bits per heavy atom. The number of piperidine rings is 1. The minimum Gasteiger partial charge on any atom is -0.317 e. The van der Waals surface area contributed by atoms with Crippen molar-refractivity contribution in [2.45, 2.75) is 44.9 Å². The molecule has 0 aliphatic carbocycles. The highest BCUT2D eigenvalue weighted by Crippen LogP contribution is 2.33. The van der Waals surface area contributed by atoms with Gasteiger partial charge < -0.3 is 5.32 Å². The predicted molar refractivity (Wildman–Crippen MR) is 81.0 cm³/mol. The van der Waals surface area contributed by atoms with Gasteiger partial charge in [-0.25, -0.2) is 4.98 Å². The van der Waals surface area contributed by atoms with Crippen LogP contribution in [0.15, 0.2) is 6.20 Å². The number of hydrogen-bond donors (Lipinski definition) is 1. The Morgan fingerprint density at radius 3 is 2.57 bits per heavy atom. The summed E-state index contributed by atoms with van der Waals surface area (Å²) in [5.74, 6) is 0. The molecule has 0 saturated carbocycles. The fourth-order valence-electron chi connectivity index (χ4n) is 2.54. The summed E-state index contributed by atoms with van der Waals surface area (Å²) in [5.41, 5.74) is 0. The number of thiazole rings is 1. The molecule has 0 amide bonds. The maximum atomic E-state index is 12.6. The van der Waals surface area contributed by atoms with Crippen LogP contribution in [0.4, 0.5) is 13.2 Å². The van der Waals surface area contributed by atoms with Crippen molar-refractivity contribution in [3.8, 4) is 0 Å². The van der Waals surface area contributed by atoms with Gasteiger partial charge in [0.15, 0.2) is 0 Å². The molecule has 1 fully saturated rings. The topological polar surface area (TPSA) is 28.2 Å². The lowest BCUT2D eigenvalue weighted by Crippen LogP contribution is -2.43. The lowest BCUT2D eigenvalue weighted by molar-refractivity contribution is -0.134. The summed E-state index contributed by atoms with van der Waals surface area (Å²) in [6.45, 7) is 5.50. The van der Waals surface area contributed by atoms with Crippen molar-refractivity contribution in [2.24, 2.45) is 0 Å². The van der Waals surface area contributed by atoms with Gasteiger partial charge in [-0.05, 0) is 38.9 Å². The molecule has 2 heterocycles. The summed E-state index contributed by atoms with van der Waals surface area (Å²) in [7, 11) is 0. The van der Waals surface area contributed by atoms with E-state index in [4.69, 9.17) is 0 Å². The minimum atomic E-state index is -4.28. The molecule has 1 saturated heterocycles. The fraction of sp³-hybridized carbons (Fsp3) is 0.769. The third-order valence-corrected chi connectivity index (χ3v) is 4.53. The van der Waals surface area contributed by atoms with E-state index in [1.807, 2.05) is 0 Å². The Bertz CT molecular complexity index is 419. The average molecular weight is 344 g/mol. The van der Waals surface area contributed by atoms with Gasteiger partial charge in [0.25, 0.3) is 0 Å². The van der Waals surface area contributed by atoms with Crippen molar-refractivity contribution in [1.82, 2.24) is 15.2 Å². The van der Waals surface area contributed by atoms with Crippen molar-refractivity contribution in [3.63, 3.8) is 0 Å². The number of nitrogens with one attached hydrogen (secondary N) is 1. The van der Waals surface area contributed by atoms with E-state index in [2.05, 4.69) is 22.1 Å². The third kappa shape index (κ3) is 5.39.